The molecule has 0 saturated carbocycles. The molecular weight excluding hydrogens is 162 g/mol. The first-order valence-corrected chi connectivity index (χ1v) is 5.00. The zero-order valence-electron chi connectivity index (χ0n) is 8.75. The second-order valence-corrected chi connectivity index (χ2v) is 4.13. The van der Waals surface area contributed by atoms with E-state index in [0.29, 0.717) is 24.5 Å². The third kappa shape index (κ3) is 2.98. The van der Waals surface area contributed by atoms with Gasteiger partial charge in [0.25, 0.3) is 0 Å². The quantitative estimate of drug-likeness (QED) is 0.690. The van der Waals surface area contributed by atoms with Crippen LogP contribution in [0, 0.1) is 11.3 Å². The van der Waals surface area contributed by atoms with E-state index in [9.17, 15) is 0 Å². The first-order chi connectivity index (χ1) is 6.13. The van der Waals surface area contributed by atoms with Gasteiger partial charge in [-0.25, -0.2) is 0 Å². The maximum absolute atomic E-state index is 8.61. The fraction of sp³-hybridized carbons (Fsp3) is 0.900. The predicted molar refractivity (Wildman–Crippen MR) is 53.3 cm³/mol. The molecule has 0 amide bonds. The zero-order chi connectivity index (χ0) is 9.84. The smallest absolute Gasteiger partial charge is 0.0638 e. The lowest BCUT2D eigenvalue weighted by atomic mass is 10.1. The Bertz CT molecular complexity index is 187. The van der Waals surface area contributed by atoms with Gasteiger partial charge in [0.15, 0.2) is 0 Å². The summed E-state index contributed by atoms with van der Waals surface area (Å²) in [5, 5.41) is 12.1. The Hall–Kier alpha value is -0.590. The molecule has 3 unspecified atom stereocenters. The van der Waals surface area contributed by atoms with Crippen LogP contribution in [0.25, 0.3) is 0 Å². The lowest BCUT2D eigenvalue weighted by Gasteiger charge is -2.39. The highest BCUT2D eigenvalue weighted by atomic mass is 15.2. The average molecular weight is 181 g/mol. The van der Waals surface area contributed by atoms with Crippen LogP contribution < -0.4 is 5.32 Å². The lowest BCUT2D eigenvalue weighted by molar-refractivity contribution is 0.133. The molecule has 3 atom stereocenters. The van der Waals surface area contributed by atoms with Crippen LogP contribution in [0.3, 0.4) is 0 Å². The van der Waals surface area contributed by atoms with Crippen molar-refractivity contribution in [3.05, 3.63) is 0 Å². The first kappa shape index (κ1) is 10.5. The third-order valence-corrected chi connectivity index (χ3v) is 2.60. The Morgan fingerprint density at radius 3 is 2.46 bits per heavy atom. The molecule has 1 rings (SSSR count). The molecule has 0 aromatic rings. The molecule has 3 heteroatoms. The van der Waals surface area contributed by atoms with Gasteiger partial charge in [-0.2, -0.15) is 5.26 Å². The van der Waals surface area contributed by atoms with E-state index in [1.54, 1.807) is 0 Å². The van der Waals surface area contributed by atoms with Gasteiger partial charge in [0, 0.05) is 31.2 Å². The molecule has 1 N–H and O–H groups in total. The molecule has 0 spiro atoms. The van der Waals surface area contributed by atoms with Gasteiger partial charge in [-0.05, 0) is 20.8 Å². The molecule has 1 aliphatic heterocycles. The second kappa shape index (κ2) is 4.59. The number of rotatable bonds is 2. The van der Waals surface area contributed by atoms with Gasteiger partial charge in [0.1, 0.15) is 0 Å². The minimum Gasteiger partial charge on any atom is -0.309 e. The van der Waals surface area contributed by atoms with Crippen molar-refractivity contribution in [2.24, 2.45) is 0 Å². The van der Waals surface area contributed by atoms with E-state index in [2.05, 4.69) is 37.1 Å². The van der Waals surface area contributed by atoms with Crippen molar-refractivity contribution in [1.29, 1.82) is 5.26 Å². The number of nitriles is 1. The first-order valence-electron chi connectivity index (χ1n) is 5.00. The molecule has 1 fully saturated rings. The van der Waals surface area contributed by atoms with Crippen molar-refractivity contribution in [2.75, 3.05) is 13.1 Å². The fourth-order valence-corrected chi connectivity index (χ4v) is 1.99. The van der Waals surface area contributed by atoms with Crippen LogP contribution in [0.15, 0.2) is 0 Å². The number of hydrogen-bond donors (Lipinski definition) is 1. The zero-order valence-corrected chi connectivity index (χ0v) is 8.75. The van der Waals surface area contributed by atoms with Crippen molar-refractivity contribution >= 4 is 0 Å². The molecule has 0 radical (unpaired) electrons. The summed E-state index contributed by atoms with van der Waals surface area (Å²) in [6.07, 6.45) is 0.638. The Kier molecular flexibility index (Phi) is 3.71. The van der Waals surface area contributed by atoms with Crippen LogP contribution in [0.4, 0.5) is 0 Å². The van der Waals surface area contributed by atoms with E-state index < -0.39 is 0 Å². The predicted octanol–water partition coefficient (Wildman–Crippen LogP) is 0.971. The van der Waals surface area contributed by atoms with Gasteiger partial charge in [0.2, 0.25) is 0 Å². The molecule has 0 aliphatic carbocycles. The van der Waals surface area contributed by atoms with Crippen LogP contribution in [-0.4, -0.2) is 36.1 Å². The average Bonchev–Trinajstić information content (AvgIpc) is 2.03. The molecule has 3 nitrogen and oxygen atoms in total. The van der Waals surface area contributed by atoms with Crippen LogP contribution >= 0.6 is 0 Å². The van der Waals surface area contributed by atoms with Crippen LogP contribution in [-0.2, 0) is 0 Å². The van der Waals surface area contributed by atoms with Gasteiger partial charge in [-0.1, -0.05) is 0 Å². The maximum Gasteiger partial charge on any atom is 0.0638 e. The van der Waals surface area contributed by atoms with E-state index in [1.807, 2.05) is 0 Å². The van der Waals surface area contributed by atoms with E-state index in [0.717, 1.165) is 13.1 Å². The Labute approximate surface area is 80.7 Å². The van der Waals surface area contributed by atoms with Gasteiger partial charge in [-0.15, -0.1) is 0 Å². The summed E-state index contributed by atoms with van der Waals surface area (Å²) in [5.41, 5.74) is 0. The fourth-order valence-electron chi connectivity index (χ4n) is 1.99. The SMILES string of the molecule is CC1CN(C(C)CC#N)CC(C)N1. The largest absolute Gasteiger partial charge is 0.309 e. The maximum atomic E-state index is 8.61. The minimum absolute atomic E-state index is 0.400. The highest BCUT2D eigenvalue weighted by Gasteiger charge is 2.23. The van der Waals surface area contributed by atoms with E-state index in [4.69, 9.17) is 5.26 Å². The van der Waals surface area contributed by atoms with Crippen LogP contribution in [0.5, 0.6) is 0 Å². The molecule has 0 bridgehead atoms. The minimum atomic E-state index is 0.400. The summed E-state index contributed by atoms with van der Waals surface area (Å²) < 4.78 is 0. The van der Waals surface area contributed by atoms with Gasteiger partial charge < -0.3 is 5.32 Å². The molecule has 13 heavy (non-hydrogen) atoms. The van der Waals surface area contributed by atoms with Crippen LogP contribution in [0.1, 0.15) is 27.2 Å². The van der Waals surface area contributed by atoms with E-state index in [1.165, 1.54) is 0 Å². The molecule has 0 aromatic heterocycles. The summed E-state index contributed by atoms with van der Waals surface area (Å²) in [6.45, 7) is 8.65. The molecule has 74 valence electrons. The van der Waals surface area contributed by atoms with Gasteiger partial charge >= 0.3 is 0 Å². The summed E-state index contributed by atoms with van der Waals surface area (Å²) in [7, 11) is 0. The molecule has 1 heterocycles. The van der Waals surface area contributed by atoms with E-state index >= 15 is 0 Å². The topological polar surface area (TPSA) is 39.1 Å². The molecule has 1 saturated heterocycles. The number of hydrogen-bond acceptors (Lipinski definition) is 3. The molecular formula is C10H19N3. The summed E-state index contributed by atoms with van der Waals surface area (Å²) in [5.74, 6) is 0. The van der Waals surface area contributed by atoms with Gasteiger partial charge in [0.05, 0.1) is 12.5 Å². The Morgan fingerprint density at radius 1 is 1.46 bits per heavy atom. The van der Waals surface area contributed by atoms with Crippen molar-refractivity contribution < 1.29 is 0 Å². The number of nitrogens with zero attached hydrogens (tertiary/aromatic N) is 2. The third-order valence-electron chi connectivity index (χ3n) is 2.60. The summed E-state index contributed by atoms with van der Waals surface area (Å²) in [4.78, 5) is 2.40. The van der Waals surface area contributed by atoms with Crippen molar-refractivity contribution in [3.63, 3.8) is 0 Å². The van der Waals surface area contributed by atoms with Crippen LogP contribution in [0.2, 0.25) is 0 Å². The Balaban J connectivity index is 2.45. The number of piperazine rings is 1. The molecule has 1 aliphatic rings. The lowest BCUT2D eigenvalue weighted by Crippen LogP contribution is -2.56. The highest BCUT2D eigenvalue weighted by Crippen LogP contribution is 2.10. The van der Waals surface area contributed by atoms with Gasteiger partial charge in [-0.3, -0.25) is 4.90 Å². The monoisotopic (exact) mass is 181 g/mol. The van der Waals surface area contributed by atoms with Crippen molar-refractivity contribution in [3.8, 4) is 6.07 Å². The second-order valence-electron chi connectivity index (χ2n) is 4.13. The summed E-state index contributed by atoms with van der Waals surface area (Å²) >= 11 is 0. The van der Waals surface area contributed by atoms with Crippen molar-refractivity contribution in [1.82, 2.24) is 10.2 Å². The summed E-state index contributed by atoms with van der Waals surface area (Å²) in [6, 6.07) is 3.72. The Morgan fingerprint density at radius 2 is 2.00 bits per heavy atom. The molecule has 0 aromatic carbocycles. The number of nitrogens with one attached hydrogen (secondary N) is 1. The van der Waals surface area contributed by atoms with Crippen molar-refractivity contribution in [2.45, 2.75) is 45.3 Å². The van der Waals surface area contributed by atoms with E-state index in [-0.39, 0.29) is 0 Å². The normalized spacial score (nSPS) is 32.5. The standard InChI is InChI=1S/C10H19N3/c1-8-6-13(7-9(2)12-8)10(3)4-5-11/h8-10,12H,4,6-7H2,1-3H3. The highest BCUT2D eigenvalue weighted by molar-refractivity contribution is 4.87.